The minimum atomic E-state index is -3.29. The van der Waals surface area contributed by atoms with E-state index in [4.69, 9.17) is 34.1 Å². The van der Waals surface area contributed by atoms with Gasteiger partial charge in [-0.3, -0.25) is 0 Å². The number of allylic oxidation sites excluding steroid dienone is 4. The molecule has 0 amide bonds. The Morgan fingerprint density at radius 2 is 0.938 bits per heavy atom. The van der Waals surface area contributed by atoms with Gasteiger partial charge in [-0.15, -0.1) is 0 Å². The van der Waals surface area contributed by atoms with E-state index in [9.17, 15) is 0 Å². The van der Waals surface area contributed by atoms with Crippen LogP contribution in [0.4, 0.5) is 0 Å². The second-order valence-electron chi connectivity index (χ2n) is 4.55. The SMILES string of the molecule is CC1=C(C)C(C)(C)C(C)=C1C.[Cl][Zr]([Cl])([Cl])[Cl]. The topological polar surface area (TPSA) is 0 Å². The normalized spacial score (nSPS) is 19.9. The molecule has 0 saturated heterocycles. The second kappa shape index (κ2) is 6.11. The van der Waals surface area contributed by atoms with E-state index in [-0.39, 0.29) is 0 Å². The van der Waals surface area contributed by atoms with Crippen LogP contribution in [0, 0.1) is 5.41 Å². The summed E-state index contributed by atoms with van der Waals surface area (Å²) in [6.07, 6.45) is 0. The molecule has 0 aliphatic heterocycles. The van der Waals surface area contributed by atoms with Gasteiger partial charge in [-0.05, 0) is 38.8 Å². The Morgan fingerprint density at radius 1 is 0.750 bits per heavy atom. The molecule has 0 aromatic rings. The Kier molecular flexibility index (Phi) is 6.69. The van der Waals surface area contributed by atoms with Gasteiger partial charge in [-0.1, -0.05) is 25.0 Å². The van der Waals surface area contributed by atoms with Gasteiger partial charge in [0.25, 0.3) is 0 Å². The van der Waals surface area contributed by atoms with Gasteiger partial charge in [0.1, 0.15) is 0 Å². The van der Waals surface area contributed by atoms with Gasteiger partial charge in [-0.25, -0.2) is 0 Å². The van der Waals surface area contributed by atoms with E-state index in [1.54, 1.807) is 0 Å². The van der Waals surface area contributed by atoms with E-state index < -0.39 is 15.5 Å². The summed E-state index contributed by atoms with van der Waals surface area (Å²) in [5, 5.41) is 0. The van der Waals surface area contributed by atoms with Gasteiger partial charge in [0, 0.05) is 5.41 Å². The molecule has 0 N–H and O–H groups in total. The average molecular weight is 383 g/mol. The summed E-state index contributed by atoms with van der Waals surface area (Å²) in [4.78, 5) is 0. The fourth-order valence-electron chi connectivity index (χ4n) is 1.78. The molecule has 0 nitrogen and oxygen atoms in total. The van der Waals surface area contributed by atoms with Crippen molar-refractivity contribution in [3.05, 3.63) is 22.3 Å². The monoisotopic (exact) mass is 380 g/mol. The maximum atomic E-state index is 5.04. The summed E-state index contributed by atoms with van der Waals surface area (Å²) in [6.45, 7) is 13.5. The second-order valence-corrected chi connectivity index (χ2v) is 26.9. The van der Waals surface area contributed by atoms with Crippen molar-refractivity contribution in [3.8, 4) is 0 Å². The summed E-state index contributed by atoms with van der Waals surface area (Å²) < 4.78 is 0. The van der Waals surface area contributed by atoms with Crippen molar-refractivity contribution in [2.45, 2.75) is 41.5 Å². The van der Waals surface area contributed by atoms with Crippen molar-refractivity contribution in [2.75, 3.05) is 0 Å². The predicted molar refractivity (Wildman–Crippen MR) is 73.9 cm³/mol. The van der Waals surface area contributed by atoms with Crippen LogP contribution < -0.4 is 0 Å². The van der Waals surface area contributed by atoms with Crippen LogP contribution in [-0.2, 0) is 15.5 Å². The van der Waals surface area contributed by atoms with Gasteiger partial charge in [0.15, 0.2) is 0 Å². The first-order chi connectivity index (χ1) is 6.89. The van der Waals surface area contributed by atoms with E-state index in [0.29, 0.717) is 5.41 Å². The number of halogens is 4. The Hall–Kier alpha value is 1.52. The molecule has 5 heteroatoms. The van der Waals surface area contributed by atoms with Gasteiger partial charge in [-0.2, -0.15) is 0 Å². The summed E-state index contributed by atoms with van der Waals surface area (Å²) in [5.41, 5.74) is 6.37. The summed E-state index contributed by atoms with van der Waals surface area (Å²) in [5.74, 6) is 0. The molecular formula is C11H18Cl4Zr. The van der Waals surface area contributed by atoms with E-state index in [0.717, 1.165) is 0 Å². The molecule has 1 rings (SSSR count). The molecule has 0 aromatic carbocycles. The Bertz CT molecular complexity index is 302. The van der Waals surface area contributed by atoms with Gasteiger partial charge < -0.3 is 0 Å². The van der Waals surface area contributed by atoms with Gasteiger partial charge >= 0.3 is 49.5 Å². The van der Waals surface area contributed by atoms with Crippen LogP contribution in [-0.4, -0.2) is 0 Å². The molecule has 0 aromatic heterocycles. The van der Waals surface area contributed by atoms with E-state index >= 15 is 0 Å². The molecule has 0 atom stereocenters. The molecule has 0 unspecified atom stereocenters. The first kappa shape index (κ1) is 17.5. The van der Waals surface area contributed by atoms with Crippen LogP contribution >= 0.6 is 34.1 Å². The van der Waals surface area contributed by atoms with Crippen LogP contribution in [0.15, 0.2) is 22.3 Å². The van der Waals surface area contributed by atoms with E-state index in [1.807, 2.05) is 0 Å². The van der Waals surface area contributed by atoms with Crippen LogP contribution in [0.1, 0.15) is 41.5 Å². The van der Waals surface area contributed by atoms with E-state index in [1.165, 1.54) is 22.3 Å². The number of hydrogen-bond acceptors (Lipinski definition) is 0. The maximum absolute atomic E-state index is 5.04. The molecule has 1 aliphatic rings. The van der Waals surface area contributed by atoms with Crippen molar-refractivity contribution in [3.63, 3.8) is 0 Å². The van der Waals surface area contributed by atoms with Crippen LogP contribution in [0.5, 0.6) is 0 Å². The Morgan fingerprint density at radius 3 is 1.00 bits per heavy atom. The van der Waals surface area contributed by atoms with Crippen molar-refractivity contribution < 1.29 is 15.5 Å². The molecule has 0 heterocycles. The molecule has 94 valence electrons. The minimum absolute atomic E-state index is 0.314. The third kappa shape index (κ3) is 5.03. The average Bonchev–Trinajstić information content (AvgIpc) is 2.19. The summed E-state index contributed by atoms with van der Waals surface area (Å²) >= 11 is -3.29. The zero-order valence-electron chi connectivity index (χ0n) is 10.5. The molecule has 0 spiro atoms. The van der Waals surface area contributed by atoms with Crippen LogP contribution in [0.3, 0.4) is 0 Å². The third-order valence-electron chi connectivity index (χ3n) is 3.56. The van der Waals surface area contributed by atoms with E-state index in [2.05, 4.69) is 41.5 Å². The molecule has 1 aliphatic carbocycles. The van der Waals surface area contributed by atoms with Gasteiger partial charge in [0.05, 0.1) is 0 Å². The Labute approximate surface area is 118 Å². The van der Waals surface area contributed by atoms with Crippen LogP contribution in [0.2, 0.25) is 0 Å². The van der Waals surface area contributed by atoms with Crippen molar-refractivity contribution in [2.24, 2.45) is 5.41 Å². The summed E-state index contributed by atoms with van der Waals surface area (Å²) in [6, 6.07) is 0. The first-order valence-corrected chi connectivity index (χ1v) is 17.7. The van der Waals surface area contributed by atoms with Crippen LogP contribution in [0.25, 0.3) is 0 Å². The molecule has 0 fully saturated rings. The molecule has 16 heavy (non-hydrogen) atoms. The van der Waals surface area contributed by atoms with Crippen molar-refractivity contribution in [1.82, 2.24) is 0 Å². The number of hydrogen-bond donors (Lipinski definition) is 0. The Balaban J connectivity index is 0.000000385. The standard InChI is InChI=1S/C11H18.4ClH.Zr/c1-7-8(2)10(4)11(5,6)9(7)3;;;;;/h1-6H3;4*1H;/q;;;;;+4/p-4. The zero-order chi connectivity index (χ0) is 13.3. The molecule has 0 saturated carbocycles. The summed E-state index contributed by atoms with van der Waals surface area (Å²) in [7, 11) is 20.1. The predicted octanol–water partition coefficient (Wildman–Crippen LogP) is 6.45. The molecular weight excluding hydrogens is 365 g/mol. The van der Waals surface area contributed by atoms with Crippen molar-refractivity contribution in [1.29, 1.82) is 0 Å². The fourth-order valence-corrected chi connectivity index (χ4v) is 1.78. The quantitative estimate of drug-likeness (QED) is 0.451. The third-order valence-corrected chi connectivity index (χ3v) is 3.56. The molecule has 0 bridgehead atoms. The van der Waals surface area contributed by atoms with Crippen molar-refractivity contribution >= 4 is 34.1 Å². The number of rotatable bonds is 0. The zero-order valence-corrected chi connectivity index (χ0v) is 16.0. The first-order valence-electron chi connectivity index (χ1n) is 5.01. The van der Waals surface area contributed by atoms with Gasteiger partial charge in [0.2, 0.25) is 0 Å². The molecule has 0 radical (unpaired) electrons. The fraction of sp³-hybridized carbons (Fsp3) is 0.636.